The average molecular weight is 410 g/mol. The molecule has 1 aliphatic heterocycles. The van der Waals surface area contributed by atoms with Gasteiger partial charge in [0.2, 0.25) is 0 Å². The molecule has 158 valence electrons. The number of benzene rings is 1. The molecule has 1 unspecified atom stereocenters. The van der Waals surface area contributed by atoms with Gasteiger partial charge in [-0.3, -0.25) is 0 Å². The second-order valence-corrected chi connectivity index (χ2v) is 9.02. The summed E-state index contributed by atoms with van der Waals surface area (Å²) in [6, 6.07) is 10.2. The van der Waals surface area contributed by atoms with Crippen LogP contribution in [-0.2, 0) is 4.79 Å². The van der Waals surface area contributed by atoms with E-state index in [1.807, 2.05) is 23.1 Å². The molecule has 4 rings (SSSR count). The SMILES string of the molecule is CC(C)(C)CNc1cccnc1N1CCN(c2cc3cc(F)ccc3[nH]2)C(C=O)C1. The van der Waals surface area contributed by atoms with Crippen molar-refractivity contribution >= 4 is 34.5 Å². The van der Waals surface area contributed by atoms with E-state index in [1.54, 1.807) is 12.3 Å². The van der Waals surface area contributed by atoms with E-state index in [0.29, 0.717) is 13.1 Å². The summed E-state index contributed by atoms with van der Waals surface area (Å²) in [6.45, 7) is 9.31. The lowest BCUT2D eigenvalue weighted by Crippen LogP contribution is -2.54. The van der Waals surface area contributed by atoms with Crippen LogP contribution < -0.4 is 15.1 Å². The van der Waals surface area contributed by atoms with Crippen molar-refractivity contribution < 1.29 is 9.18 Å². The van der Waals surface area contributed by atoms with Crippen molar-refractivity contribution in [1.82, 2.24) is 9.97 Å². The number of carbonyl (C=O) groups is 1. The molecule has 3 aromatic rings. The molecule has 1 saturated heterocycles. The van der Waals surface area contributed by atoms with E-state index in [4.69, 9.17) is 0 Å². The summed E-state index contributed by atoms with van der Waals surface area (Å²) in [5.74, 6) is 1.43. The van der Waals surface area contributed by atoms with Gasteiger partial charge >= 0.3 is 0 Å². The minimum Gasteiger partial charge on any atom is -0.382 e. The molecule has 0 aliphatic carbocycles. The van der Waals surface area contributed by atoms with Gasteiger partial charge in [-0.05, 0) is 41.8 Å². The van der Waals surface area contributed by atoms with Gasteiger partial charge in [0.05, 0.1) is 5.69 Å². The Morgan fingerprint density at radius 1 is 1.27 bits per heavy atom. The Kier molecular flexibility index (Phi) is 5.37. The van der Waals surface area contributed by atoms with Gasteiger partial charge in [0.15, 0.2) is 5.82 Å². The number of nitrogens with one attached hydrogen (secondary N) is 2. The van der Waals surface area contributed by atoms with E-state index in [-0.39, 0.29) is 17.3 Å². The van der Waals surface area contributed by atoms with E-state index in [2.05, 4.69) is 41.0 Å². The number of aldehydes is 1. The van der Waals surface area contributed by atoms with Gasteiger partial charge in [-0.15, -0.1) is 0 Å². The molecule has 2 N–H and O–H groups in total. The second kappa shape index (κ2) is 7.97. The predicted octanol–water partition coefficient (Wildman–Crippen LogP) is 4.05. The molecule has 1 atom stereocenters. The van der Waals surface area contributed by atoms with Gasteiger partial charge in [-0.2, -0.15) is 0 Å². The number of hydrogen-bond acceptors (Lipinski definition) is 5. The molecule has 2 aromatic heterocycles. The third-order valence-electron chi connectivity index (χ3n) is 5.35. The monoisotopic (exact) mass is 409 g/mol. The van der Waals surface area contributed by atoms with E-state index in [9.17, 15) is 9.18 Å². The maximum Gasteiger partial charge on any atom is 0.152 e. The number of halogens is 1. The molecule has 1 fully saturated rings. The molecular weight excluding hydrogens is 381 g/mol. The van der Waals surface area contributed by atoms with Crippen molar-refractivity contribution in [3.05, 3.63) is 48.4 Å². The molecule has 3 heterocycles. The Morgan fingerprint density at radius 3 is 2.87 bits per heavy atom. The maximum absolute atomic E-state index is 13.5. The number of rotatable bonds is 5. The van der Waals surface area contributed by atoms with Crippen LogP contribution in [0.15, 0.2) is 42.6 Å². The van der Waals surface area contributed by atoms with E-state index < -0.39 is 0 Å². The highest BCUT2D eigenvalue weighted by molar-refractivity contribution is 5.85. The Labute approximate surface area is 176 Å². The first-order valence-electron chi connectivity index (χ1n) is 10.3. The lowest BCUT2D eigenvalue weighted by Gasteiger charge is -2.40. The second-order valence-electron chi connectivity index (χ2n) is 9.02. The van der Waals surface area contributed by atoms with Crippen molar-refractivity contribution in [3.8, 4) is 0 Å². The highest BCUT2D eigenvalue weighted by Gasteiger charge is 2.29. The van der Waals surface area contributed by atoms with Crippen LogP contribution in [0.25, 0.3) is 10.9 Å². The number of hydrogen-bond donors (Lipinski definition) is 2. The van der Waals surface area contributed by atoms with Crippen LogP contribution in [0.2, 0.25) is 0 Å². The summed E-state index contributed by atoms with van der Waals surface area (Å²) in [6.07, 6.45) is 2.76. The van der Waals surface area contributed by atoms with Crippen molar-refractivity contribution in [1.29, 1.82) is 0 Å². The zero-order valence-corrected chi connectivity index (χ0v) is 17.7. The van der Waals surface area contributed by atoms with Gasteiger partial charge in [0.25, 0.3) is 0 Å². The number of aromatic nitrogens is 2. The molecule has 7 heteroatoms. The van der Waals surface area contributed by atoms with E-state index in [0.717, 1.165) is 47.6 Å². The molecule has 0 bridgehead atoms. The largest absolute Gasteiger partial charge is 0.382 e. The Balaban J connectivity index is 1.54. The molecule has 1 aromatic carbocycles. The van der Waals surface area contributed by atoms with Crippen molar-refractivity contribution in [2.24, 2.45) is 5.41 Å². The van der Waals surface area contributed by atoms with Gasteiger partial charge in [0, 0.05) is 43.3 Å². The molecule has 0 radical (unpaired) electrons. The van der Waals surface area contributed by atoms with Gasteiger partial charge < -0.3 is 24.9 Å². The van der Waals surface area contributed by atoms with Gasteiger partial charge in [-0.25, -0.2) is 9.37 Å². The minimum absolute atomic E-state index is 0.145. The molecule has 6 nitrogen and oxygen atoms in total. The normalized spacial score (nSPS) is 17.4. The van der Waals surface area contributed by atoms with Crippen LogP contribution in [0, 0.1) is 11.2 Å². The third-order valence-corrected chi connectivity index (χ3v) is 5.35. The van der Waals surface area contributed by atoms with Crippen LogP contribution in [0.5, 0.6) is 0 Å². The molecule has 1 aliphatic rings. The Morgan fingerprint density at radius 2 is 2.10 bits per heavy atom. The quantitative estimate of drug-likeness (QED) is 0.623. The molecular formula is C23H28FN5O. The molecule has 0 saturated carbocycles. The standard InChI is InChI=1S/C23H28FN5O/c1-23(2,3)15-26-20-5-4-8-25-22(20)28-9-10-29(18(13-28)14-30)21-12-16-11-17(24)6-7-19(16)27-21/h4-8,11-12,14,18,26-27H,9-10,13,15H2,1-3H3. The average Bonchev–Trinajstić information content (AvgIpc) is 3.14. The number of anilines is 3. The zero-order chi connectivity index (χ0) is 21.3. The highest BCUT2D eigenvalue weighted by atomic mass is 19.1. The summed E-state index contributed by atoms with van der Waals surface area (Å²) in [4.78, 5) is 24.1. The first kappa shape index (κ1) is 20.2. The molecule has 0 spiro atoms. The third kappa shape index (κ3) is 4.25. The number of aromatic amines is 1. The predicted molar refractivity (Wildman–Crippen MR) is 120 cm³/mol. The smallest absolute Gasteiger partial charge is 0.152 e. The van der Waals surface area contributed by atoms with Crippen molar-refractivity contribution in [2.75, 3.05) is 41.3 Å². The van der Waals surface area contributed by atoms with Crippen molar-refractivity contribution in [2.45, 2.75) is 26.8 Å². The van der Waals surface area contributed by atoms with Gasteiger partial charge in [0.1, 0.15) is 24.0 Å². The Hall–Kier alpha value is -3.09. The van der Waals surface area contributed by atoms with Gasteiger partial charge in [-0.1, -0.05) is 20.8 Å². The fraction of sp³-hybridized carbons (Fsp3) is 0.391. The Bertz CT molecular complexity index is 1040. The van der Waals surface area contributed by atoms with E-state index >= 15 is 0 Å². The summed E-state index contributed by atoms with van der Waals surface area (Å²) in [5.41, 5.74) is 1.98. The lowest BCUT2D eigenvalue weighted by atomic mass is 9.97. The number of pyridine rings is 1. The molecule has 0 amide bonds. The summed E-state index contributed by atoms with van der Waals surface area (Å²) < 4.78 is 13.5. The van der Waals surface area contributed by atoms with Crippen molar-refractivity contribution in [3.63, 3.8) is 0 Å². The maximum atomic E-state index is 13.5. The lowest BCUT2D eigenvalue weighted by molar-refractivity contribution is -0.109. The minimum atomic E-state index is -0.325. The topological polar surface area (TPSA) is 64.3 Å². The van der Waals surface area contributed by atoms with E-state index in [1.165, 1.54) is 12.1 Å². The highest BCUT2D eigenvalue weighted by Crippen LogP contribution is 2.29. The fourth-order valence-electron chi connectivity index (χ4n) is 3.81. The van der Waals surface area contributed by atoms with Crippen LogP contribution in [0.3, 0.4) is 0 Å². The van der Waals surface area contributed by atoms with Crippen LogP contribution in [0.4, 0.5) is 21.7 Å². The number of carbonyl (C=O) groups excluding carboxylic acids is 1. The zero-order valence-electron chi connectivity index (χ0n) is 17.7. The summed E-state index contributed by atoms with van der Waals surface area (Å²) in [7, 11) is 0. The number of fused-ring (bicyclic) bond motifs is 1. The number of piperazine rings is 1. The summed E-state index contributed by atoms with van der Waals surface area (Å²) >= 11 is 0. The number of H-pyrrole nitrogens is 1. The van der Waals surface area contributed by atoms with Crippen LogP contribution in [-0.4, -0.2) is 48.5 Å². The van der Waals surface area contributed by atoms with Crippen LogP contribution >= 0.6 is 0 Å². The first-order chi connectivity index (χ1) is 14.3. The molecule has 30 heavy (non-hydrogen) atoms. The summed E-state index contributed by atoms with van der Waals surface area (Å²) in [5, 5.41) is 4.30. The first-order valence-corrected chi connectivity index (χ1v) is 10.3. The number of nitrogens with zero attached hydrogens (tertiary/aromatic N) is 3. The fourth-order valence-corrected chi connectivity index (χ4v) is 3.81. The van der Waals surface area contributed by atoms with Crippen LogP contribution in [0.1, 0.15) is 20.8 Å².